The van der Waals surface area contributed by atoms with Crippen molar-refractivity contribution in [1.82, 2.24) is 20.4 Å². The first-order valence-electron chi connectivity index (χ1n) is 9.11. The minimum absolute atomic E-state index is 0. The summed E-state index contributed by atoms with van der Waals surface area (Å²) in [5, 5.41) is 11.3. The number of hydrogen-bond acceptors (Lipinski definition) is 3. The van der Waals surface area contributed by atoms with Gasteiger partial charge in [-0.2, -0.15) is 5.10 Å². The van der Waals surface area contributed by atoms with Gasteiger partial charge in [-0.25, -0.2) is 0 Å². The molecule has 1 aromatic rings. The topological polar surface area (TPSA) is 63.5 Å². The lowest BCUT2D eigenvalue weighted by molar-refractivity contribution is 0.123. The van der Waals surface area contributed by atoms with Crippen molar-refractivity contribution in [2.75, 3.05) is 33.4 Å². The van der Waals surface area contributed by atoms with Crippen LogP contribution >= 0.6 is 24.0 Å². The lowest BCUT2D eigenvalue weighted by Crippen LogP contribution is -2.40. The number of nitrogens with zero attached hydrogens (tertiary/aromatic N) is 3. The van der Waals surface area contributed by atoms with Crippen LogP contribution in [0.4, 0.5) is 0 Å². The van der Waals surface area contributed by atoms with Gasteiger partial charge in [0.05, 0.1) is 5.69 Å². The molecule has 1 aliphatic carbocycles. The fourth-order valence-electron chi connectivity index (χ4n) is 2.63. The quantitative estimate of drug-likeness (QED) is 0.243. The highest BCUT2D eigenvalue weighted by Crippen LogP contribution is 2.28. The van der Waals surface area contributed by atoms with Crippen LogP contribution in [0.3, 0.4) is 0 Å². The van der Waals surface area contributed by atoms with Gasteiger partial charge < -0.3 is 15.4 Å². The zero-order chi connectivity index (χ0) is 17.4. The highest BCUT2D eigenvalue weighted by atomic mass is 127. The molecule has 0 aromatic carbocycles. The highest BCUT2D eigenvalue weighted by molar-refractivity contribution is 14.0. The van der Waals surface area contributed by atoms with Crippen molar-refractivity contribution in [3.05, 3.63) is 17.5 Å². The summed E-state index contributed by atoms with van der Waals surface area (Å²) in [6.07, 6.45) is 3.71. The van der Waals surface area contributed by atoms with Crippen molar-refractivity contribution in [1.29, 1.82) is 0 Å². The molecule has 0 radical (unpaired) electrons. The average Bonchev–Trinajstić information content (AvgIpc) is 3.31. The molecular weight excluding hydrogens is 429 g/mol. The van der Waals surface area contributed by atoms with Crippen molar-refractivity contribution in [2.45, 2.75) is 46.6 Å². The van der Waals surface area contributed by atoms with Crippen molar-refractivity contribution < 1.29 is 4.74 Å². The molecule has 2 N–H and O–H groups in total. The molecule has 1 saturated carbocycles. The Balaban J connectivity index is 0.00000312. The van der Waals surface area contributed by atoms with E-state index in [1.807, 2.05) is 14.0 Å². The third kappa shape index (κ3) is 8.89. The van der Waals surface area contributed by atoms with Gasteiger partial charge in [0.2, 0.25) is 0 Å². The van der Waals surface area contributed by atoms with E-state index in [1.54, 1.807) is 0 Å². The van der Waals surface area contributed by atoms with Crippen LogP contribution in [0.25, 0.3) is 0 Å². The minimum Gasteiger partial charge on any atom is -0.381 e. The summed E-state index contributed by atoms with van der Waals surface area (Å²) in [6, 6.07) is 2.12. The monoisotopic (exact) mass is 463 g/mol. The molecule has 1 heterocycles. The highest BCUT2D eigenvalue weighted by Gasteiger charge is 2.20. The first kappa shape index (κ1) is 22.2. The summed E-state index contributed by atoms with van der Waals surface area (Å²) in [5.41, 5.74) is 2.29. The summed E-state index contributed by atoms with van der Waals surface area (Å²) in [7, 11) is 1.81. The van der Waals surface area contributed by atoms with Gasteiger partial charge in [-0.15, -0.1) is 24.0 Å². The van der Waals surface area contributed by atoms with Crippen LogP contribution in [-0.4, -0.2) is 49.1 Å². The summed E-state index contributed by atoms with van der Waals surface area (Å²) in [5.74, 6) is 2.18. The van der Waals surface area contributed by atoms with Gasteiger partial charge in [-0.1, -0.05) is 6.92 Å². The number of hydrogen-bond donors (Lipinski definition) is 2. The van der Waals surface area contributed by atoms with Crippen LogP contribution in [0.15, 0.2) is 11.1 Å². The molecule has 1 aromatic heterocycles. The summed E-state index contributed by atoms with van der Waals surface area (Å²) in [4.78, 5) is 4.28. The van der Waals surface area contributed by atoms with Crippen molar-refractivity contribution in [3.63, 3.8) is 0 Å². The summed E-state index contributed by atoms with van der Waals surface area (Å²) < 4.78 is 7.72. The van der Waals surface area contributed by atoms with Crippen LogP contribution in [0.5, 0.6) is 0 Å². The van der Waals surface area contributed by atoms with E-state index in [0.29, 0.717) is 5.92 Å². The van der Waals surface area contributed by atoms with Crippen LogP contribution < -0.4 is 10.6 Å². The molecule has 1 atom stereocenters. The van der Waals surface area contributed by atoms with Crippen LogP contribution in [-0.2, 0) is 11.3 Å². The summed E-state index contributed by atoms with van der Waals surface area (Å²) in [6.45, 7) is 10.8. The molecule has 2 rings (SSSR count). The van der Waals surface area contributed by atoms with Gasteiger partial charge in [0.1, 0.15) is 0 Å². The molecule has 6 nitrogen and oxygen atoms in total. The van der Waals surface area contributed by atoms with E-state index in [1.165, 1.54) is 18.5 Å². The number of aliphatic imine (C=N–C) groups is 1. The average molecular weight is 463 g/mol. The number of aryl methyl sites for hydroxylation is 2. The molecule has 0 aliphatic heterocycles. The maximum absolute atomic E-state index is 5.64. The standard InChI is InChI=1S/C18H33N5O.HI/c1-14(12-23-16(3)10-15(2)22-23)11-21-18(19-4)20-8-5-9-24-13-17-6-7-17;/h10,14,17H,5-9,11-13H2,1-4H3,(H2,19,20,21);1H. The largest absolute Gasteiger partial charge is 0.381 e. The third-order valence-electron chi connectivity index (χ3n) is 4.24. The molecule has 0 bridgehead atoms. The predicted octanol–water partition coefficient (Wildman–Crippen LogP) is 2.74. The number of nitrogens with one attached hydrogen (secondary N) is 2. The molecule has 144 valence electrons. The maximum Gasteiger partial charge on any atom is 0.190 e. The maximum atomic E-state index is 5.64. The van der Waals surface area contributed by atoms with Gasteiger partial charge in [-0.05, 0) is 51.0 Å². The second-order valence-electron chi connectivity index (χ2n) is 6.97. The van der Waals surface area contributed by atoms with Crippen molar-refractivity contribution >= 4 is 29.9 Å². The van der Waals surface area contributed by atoms with E-state index in [2.05, 4.69) is 45.3 Å². The molecule has 0 saturated heterocycles. The number of ether oxygens (including phenoxy) is 1. The molecule has 1 unspecified atom stereocenters. The normalized spacial score (nSPS) is 15.6. The minimum atomic E-state index is 0. The van der Waals surface area contributed by atoms with Gasteiger partial charge in [0, 0.05) is 45.6 Å². The fourth-order valence-corrected chi connectivity index (χ4v) is 2.63. The van der Waals surface area contributed by atoms with Crippen molar-refractivity contribution in [2.24, 2.45) is 16.8 Å². The lowest BCUT2D eigenvalue weighted by Gasteiger charge is -2.17. The van der Waals surface area contributed by atoms with E-state index in [9.17, 15) is 0 Å². The second kappa shape index (κ2) is 11.7. The molecular formula is C18H34IN5O. The molecule has 1 fully saturated rings. The Bertz CT molecular complexity index is 528. The van der Waals surface area contributed by atoms with Gasteiger partial charge in [-0.3, -0.25) is 9.67 Å². The first-order chi connectivity index (χ1) is 11.6. The van der Waals surface area contributed by atoms with Gasteiger partial charge in [0.25, 0.3) is 0 Å². The Labute approximate surface area is 169 Å². The van der Waals surface area contributed by atoms with E-state index >= 15 is 0 Å². The predicted molar refractivity (Wildman–Crippen MR) is 114 cm³/mol. The Morgan fingerprint density at radius 3 is 2.76 bits per heavy atom. The lowest BCUT2D eigenvalue weighted by atomic mass is 10.2. The Morgan fingerprint density at radius 1 is 1.40 bits per heavy atom. The number of halogens is 1. The third-order valence-corrected chi connectivity index (χ3v) is 4.24. The Hall–Kier alpha value is -0.830. The van der Waals surface area contributed by atoms with E-state index < -0.39 is 0 Å². The molecule has 25 heavy (non-hydrogen) atoms. The summed E-state index contributed by atoms with van der Waals surface area (Å²) >= 11 is 0. The van der Waals surface area contributed by atoms with Crippen molar-refractivity contribution in [3.8, 4) is 0 Å². The number of rotatable bonds is 10. The van der Waals surface area contributed by atoms with E-state index in [-0.39, 0.29) is 24.0 Å². The van der Waals surface area contributed by atoms with Gasteiger partial charge >= 0.3 is 0 Å². The smallest absolute Gasteiger partial charge is 0.190 e. The second-order valence-corrected chi connectivity index (χ2v) is 6.97. The Kier molecular flexibility index (Phi) is 10.4. The van der Waals surface area contributed by atoms with Crippen LogP contribution in [0.2, 0.25) is 0 Å². The number of guanidine groups is 1. The zero-order valence-electron chi connectivity index (χ0n) is 16.0. The molecule has 1 aliphatic rings. The molecule has 7 heteroatoms. The fraction of sp³-hybridized carbons (Fsp3) is 0.778. The SMILES string of the molecule is CN=C(NCCCOCC1CC1)NCC(C)Cn1nc(C)cc1C.I. The zero-order valence-corrected chi connectivity index (χ0v) is 18.4. The first-order valence-corrected chi connectivity index (χ1v) is 9.11. The van der Waals surface area contributed by atoms with Gasteiger partial charge in [0.15, 0.2) is 5.96 Å². The van der Waals surface area contributed by atoms with Crippen LogP contribution in [0.1, 0.15) is 37.6 Å². The van der Waals surface area contributed by atoms with Crippen LogP contribution in [0, 0.1) is 25.7 Å². The van der Waals surface area contributed by atoms with E-state index in [0.717, 1.165) is 56.8 Å². The Morgan fingerprint density at radius 2 is 2.16 bits per heavy atom. The van der Waals surface area contributed by atoms with E-state index in [4.69, 9.17) is 4.74 Å². The number of aromatic nitrogens is 2. The molecule has 0 spiro atoms. The molecule has 0 amide bonds.